The molecule has 0 atom stereocenters. The molecule has 1 aromatic rings. The first-order valence-electron chi connectivity index (χ1n) is 6.48. The second-order valence-electron chi connectivity index (χ2n) is 5.20. The van der Waals surface area contributed by atoms with E-state index in [4.69, 9.17) is 0 Å². The lowest BCUT2D eigenvalue weighted by atomic mass is 10.1. The Labute approximate surface area is 110 Å². The van der Waals surface area contributed by atoms with Crippen LogP contribution in [0, 0.1) is 5.92 Å². The Kier molecular flexibility index (Phi) is 5.86. The van der Waals surface area contributed by atoms with Crippen molar-refractivity contribution in [3.8, 4) is 0 Å². The zero-order valence-corrected chi connectivity index (χ0v) is 11.9. The van der Waals surface area contributed by atoms with Crippen molar-refractivity contribution in [2.45, 2.75) is 20.4 Å². The Morgan fingerprint density at radius 3 is 2.22 bits per heavy atom. The lowest BCUT2D eigenvalue weighted by Crippen LogP contribution is -2.38. The maximum Gasteiger partial charge on any atom is 0.225 e. The molecule has 1 amide bonds. The van der Waals surface area contributed by atoms with Gasteiger partial charge in [-0.25, -0.2) is 0 Å². The molecule has 0 saturated heterocycles. The third-order valence-corrected chi connectivity index (χ3v) is 2.84. The lowest BCUT2D eigenvalue weighted by Gasteiger charge is -2.26. The first-order chi connectivity index (χ1) is 8.50. The van der Waals surface area contributed by atoms with Crippen molar-refractivity contribution in [1.82, 2.24) is 9.80 Å². The number of nitrogens with zero attached hydrogens (tertiary/aromatic N) is 2. The number of hydrogen-bond donors (Lipinski definition) is 0. The molecule has 18 heavy (non-hydrogen) atoms. The molecular formula is C15H24N2O. The fourth-order valence-corrected chi connectivity index (χ4v) is 1.76. The number of amides is 1. The quantitative estimate of drug-likeness (QED) is 0.771. The highest BCUT2D eigenvalue weighted by Crippen LogP contribution is 2.08. The number of carbonyl (C=O) groups is 1. The molecule has 0 N–H and O–H groups in total. The molecule has 3 nitrogen and oxygen atoms in total. The summed E-state index contributed by atoms with van der Waals surface area (Å²) in [7, 11) is 4.06. The molecule has 0 saturated carbocycles. The Morgan fingerprint density at radius 1 is 1.11 bits per heavy atom. The highest BCUT2D eigenvalue weighted by molar-refractivity contribution is 5.78. The predicted octanol–water partition coefficient (Wildman–Crippen LogP) is 2.23. The second kappa shape index (κ2) is 7.17. The van der Waals surface area contributed by atoms with Gasteiger partial charge >= 0.3 is 0 Å². The van der Waals surface area contributed by atoms with Crippen LogP contribution < -0.4 is 0 Å². The summed E-state index contributed by atoms with van der Waals surface area (Å²) in [5, 5.41) is 0. The molecule has 0 aliphatic carbocycles. The van der Waals surface area contributed by atoms with Crippen LogP contribution in [0.3, 0.4) is 0 Å². The van der Waals surface area contributed by atoms with Crippen LogP contribution in [0.15, 0.2) is 30.3 Å². The van der Waals surface area contributed by atoms with Crippen LogP contribution >= 0.6 is 0 Å². The number of likely N-dealkylation sites (N-methyl/N-ethyl adjacent to an activating group) is 1. The smallest absolute Gasteiger partial charge is 0.225 e. The number of hydrogen-bond acceptors (Lipinski definition) is 2. The van der Waals surface area contributed by atoms with Gasteiger partial charge < -0.3 is 9.80 Å². The van der Waals surface area contributed by atoms with Gasteiger partial charge in [0.2, 0.25) is 5.91 Å². The van der Waals surface area contributed by atoms with Crippen molar-refractivity contribution < 1.29 is 4.79 Å². The maximum atomic E-state index is 12.2. The third-order valence-electron chi connectivity index (χ3n) is 2.84. The van der Waals surface area contributed by atoms with Gasteiger partial charge in [-0.05, 0) is 19.7 Å². The van der Waals surface area contributed by atoms with E-state index in [1.54, 1.807) is 0 Å². The summed E-state index contributed by atoms with van der Waals surface area (Å²) in [6, 6.07) is 10.2. The van der Waals surface area contributed by atoms with Gasteiger partial charge in [-0.15, -0.1) is 0 Å². The summed E-state index contributed by atoms with van der Waals surface area (Å²) < 4.78 is 0. The van der Waals surface area contributed by atoms with Crippen LogP contribution in [0.2, 0.25) is 0 Å². The first kappa shape index (κ1) is 14.7. The summed E-state index contributed by atoms with van der Waals surface area (Å²) in [5.41, 5.74) is 1.19. The van der Waals surface area contributed by atoms with Gasteiger partial charge in [0.1, 0.15) is 0 Å². The van der Waals surface area contributed by atoms with Crippen molar-refractivity contribution in [1.29, 1.82) is 0 Å². The van der Waals surface area contributed by atoms with E-state index in [1.165, 1.54) is 5.56 Å². The van der Waals surface area contributed by atoms with E-state index in [0.717, 1.165) is 13.1 Å². The summed E-state index contributed by atoms with van der Waals surface area (Å²) in [4.78, 5) is 16.2. The molecule has 0 aliphatic rings. The molecule has 0 aliphatic heterocycles. The molecule has 1 rings (SSSR count). The van der Waals surface area contributed by atoms with Crippen LogP contribution in [0.1, 0.15) is 19.4 Å². The first-order valence-corrected chi connectivity index (χ1v) is 6.48. The summed E-state index contributed by atoms with van der Waals surface area (Å²) in [6.45, 7) is 6.28. The van der Waals surface area contributed by atoms with Crippen molar-refractivity contribution in [2.24, 2.45) is 5.92 Å². The van der Waals surface area contributed by atoms with Crippen LogP contribution in [-0.4, -0.2) is 42.9 Å². The number of carbonyl (C=O) groups excluding carboxylic acids is 1. The van der Waals surface area contributed by atoms with E-state index in [-0.39, 0.29) is 11.8 Å². The van der Waals surface area contributed by atoms with Gasteiger partial charge in [0.05, 0.1) is 0 Å². The number of rotatable bonds is 6. The Bertz CT molecular complexity index is 360. The van der Waals surface area contributed by atoms with Gasteiger partial charge in [-0.3, -0.25) is 4.79 Å². The van der Waals surface area contributed by atoms with Crippen molar-refractivity contribution in [3.63, 3.8) is 0 Å². The molecular weight excluding hydrogens is 224 g/mol. The van der Waals surface area contributed by atoms with E-state index in [9.17, 15) is 4.79 Å². The average Bonchev–Trinajstić information content (AvgIpc) is 2.34. The van der Waals surface area contributed by atoms with E-state index in [0.29, 0.717) is 6.54 Å². The molecule has 0 bridgehead atoms. The summed E-state index contributed by atoms with van der Waals surface area (Å²) >= 11 is 0. The van der Waals surface area contributed by atoms with Crippen molar-refractivity contribution in [3.05, 3.63) is 35.9 Å². The highest BCUT2D eigenvalue weighted by Gasteiger charge is 2.17. The molecule has 0 unspecified atom stereocenters. The Morgan fingerprint density at radius 2 is 1.72 bits per heavy atom. The second-order valence-corrected chi connectivity index (χ2v) is 5.20. The molecule has 3 heteroatoms. The SMILES string of the molecule is CC(C)C(=O)N(CCN(C)C)Cc1ccccc1. The molecule has 0 spiro atoms. The number of benzene rings is 1. The largest absolute Gasteiger partial charge is 0.337 e. The van der Waals surface area contributed by atoms with E-state index < -0.39 is 0 Å². The monoisotopic (exact) mass is 248 g/mol. The molecule has 0 heterocycles. The molecule has 0 fully saturated rings. The van der Waals surface area contributed by atoms with Gasteiger partial charge in [0.15, 0.2) is 0 Å². The summed E-state index contributed by atoms with van der Waals surface area (Å²) in [6.07, 6.45) is 0. The van der Waals surface area contributed by atoms with Gasteiger partial charge in [-0.1, -0.05) is 44.2 Å². The molecule has 0 aromatic heterocycles. The lowest BCUT2D eigenvalue weighted by molar-refractivity contribution is -0.135. The topological polar surface area (TPSA) is 23.6 Å². The highest BCUT2D eigenvalue weighted by atomic mass is 16.2. The van der Waals surface area contributed by atoms with Crippen LogP contribution in [0.4, 0.5) is 0 Å². The minimum atomic E-state index is 0.0517. The van der Waals surface area contributed by atoms with Crippen LogP contribution in [0.5, 0.6) is 0 Å². The van der Waals surface area contributed by atoms with Crippen molar-refractivity contribution >= 4 is 5.91 Å². The normalized spacial score (nSPS) is 11.0. The molecule has 0 radical (unpaired) electrons. The minimum absolute atomic E-state index is 0.0517. The van der Waals surface area contributed by atoms with Crippen LogP contribution in [0.25, 0.3) is 0 Å². The standard InChI is InChI=1S/C15H24N2O/c1-13(2)15(18)17(11-10-16(3)4)12-14-8-6-5-7-9-14/h5-9,13H,10-12H2,1-4H3. The fourth-order valence-electron chi connectivity index (χ4n) is 1.76. The summed E-state index contributed by atoms with van der Waals surface area (Å²) in [5.74, 6) is 0.275. The van der Waals surface area contributed by atoms with E-state index in [2.05, 4.69) is 17.0 Å². The van der Waals surface area contributed by atoms with Gasteiger partial charge in [-0.2, -0.15) is 0 Å². The van der Waals surface area contributed by atoms with E-state index in [1.807, 2.05) is 51.0 Å². The molecule has 1 aromatic carbocycles. The van der Waals surface area contributed by atoms with Crippen LogP contribution in [-0.2, 0) is 11.3 Å². The van der Waals surface area contributed by atoms with Gasteiger partial charge in [0.25, 0.3) is 0 Å². The average molecular weight is 248 g/mol. The maximum absolute atomic E-state index is 12.2. The zero-order chi connectivity index (χ0) is 13.5. The fraction of sp³-hybridized carbons (Fsp3) is 0.533. The Balaban J connectivity index is 2.68. The minimum Gasteiger partial charge on any atom is -0.337 e. The third kappa shape index (κ3) is 4.88. The predicted molar refractivity (Wildman–Crippen MR) is 75.3 cm³/mol. The Hall–Kier alpha value is -1.35. The van der Waals surface area contributed by atoms with Crippen molar-refractivity contribution in [2.75, 3.05) is 27.2 Å². The molecule has 100 valence electrons. The zero-order valence-electron chi connectivity index (χ0n) is 11.9. The van der Waals surface area contributed by atoms with Gasteiger partial charge in [0, 0.05) is 25.6 Å². The van der Waals surface area contributed by atoms with E-state index >= 15 is 0 Å².